The fourth-order valence-corrected chi connectivity index (χ4v) is 3.21. The third-order valence-electron chi connectivity index (χ3n) is 4.74. The van der Waals surface area contributed by atoms with Crippen LogP contribution in [0.15, 0.2) is 86.3 Å². The minimum absolute atomic E-state index is 0.163. The third-order valence-corrected chi connectivity index (χ3v) is 4.74. The first-order valence-corrected chi connectivity index (χ1v) is 9.25. The van der Waals surface area contributed by atoms with E-state index >= 15 is 0 Å². The molecule has 5 aromatic rings. The van der Waals surface area contributed by atoms with Crippen LogP contribution in [0, 0.1) is 6.92 Å². The molecule has 0 fully saturated rings. The highest BCUT2D eigenvalue weighted by atomic mass is 16.4. The molecule has 3 heterocycles. The highest BCUT2D eigenvalue weighted by Crippen LogP contribution is 2.31. The van der Waals surface area contributed by atoms with Gasteiger partial charge in [-0.2, -0.15) is 5.11 Å². The van der Waals surface area contributed by atoms with Crippen LogP contribution >= 0.6 is 0 Å². The Hall–Kier alpha value is -4.33. The van der Waals surface area contributed by atoms with Gasteiger partial charge in [0.1, 0.15) is 5.58 Å². The fourth-order valence-electron chi connectivity index (χ4n) is 3.21. The number of hydrogen-bond donors (Lipinski definition) is 1. The van der Waals surface area contributed by atoms with Gasteiger partial charge in [0.15, 0.2) is 17.2 Å². The highest BCUT2D eigenvalue weighted by Gasteiger charge is 2.17. The predicted molar refractivity (Wildman–Crippen MR) is 114 cm³/mol. The lowest BCUT2D eigenvalue weighted by Gasteiger charge is -2.04. The number of rotatable bonds is 3. The van der Waals surface area contributed by atoms with Crippen LogP contribution in [-0.4, -0.2) is 14.6 Å². The number of benzene rings is 2. The van der Waals surface area contributed by atoms with Gasteiger partial charge >= 0.3 is 5.63 Å². The summed E-state index contributed by atoms with van der Waals surface area (Å²) in [6.07, 6.45) is 1.57. The summed E-state index contributed by atoms with van der Waals surface area (Å²) in [4.78, 5) is 16.9. The molecule has 0 unspecified atom stereocenters. The van der Waals surface area contributed by atoms with Crippen molar-refractivity contribution in [1.29, 1.82) is 0 Å². The number of azo groups is 1. The van der Waals surface area contributed by atoms with Crippen LogP contribution in [-0.2, 0) is 0 Å². The number of nitrogens with zero attached hydrogens (tertiary/aromatic N) is 5. The normalized spacial score (nSPS) is 11.6. The summed E-state index contributed by atoms with van der Waals surface area (Å²) in [7, 11) is 0. The first kappa shape index (κ1) is 17.7. The molecule has 2 aromatic carbocycles. The van der Waals surface area contributed by atoms with E-state index < -0.39 is 5.63 Å². The van der Waals surface area contributed by atoms with Crippen molar-refractivity contribution in [2.24, 2.45) is 10.2 Å². The molecule has 3 aromatic heterocycles. The minimum atomic E-state index is -0.474. The Balaban J connectivity index is 1.66. The van der Waals surface area contributed by atoms with Gasteiger partial charge < -0.3 is 10.2 Å². The lowest BCUT2D eigenvalue weighted by Crippen LogP contribution is -2.07. The molecule has 2 N–H and O–H groups in total. The molecule has 30 heavy (non-hydrogen) atoms. The van der Waals surface area contributed by atoms with Crippen molar-refractivity contribution in [3.05, 3.63) is 82.8 Å². The van der Waals surface area contributed by atoms with Crippen molar-refractivity contribution < 1.29 is 4.42 Å². The Morgan fingerprint density at radius 3 is 2.67 bits per heavy atom. The van der Waals surface area contributed by atoms with Crippen LogP contribution in [0.3, 0.4) is 0 Å². The quantitative estimate of drug-likeness (QED) is 0.347. The zero-order valence-corrected chi connectivity index (χ0v) is 16.0. The van der Waals surface area contributed by atoms with Gasteiger partial charge in [0, 0.05) is 11.6 Å². The number of fused-ring (bicyclic) bond motifs is 2. The van der Waals surface area contributed by atoms with E-state index in [0.717, 1.165) is 10.9 Å². The Morgan fingerprint density at radius 2 is 1.83 bits per heavy atom. The number of hydrogen-bond acceptors (Lipinski definition) is 7. The number of anilines is 1. The summed E-state index contributed by atoms with van der Waals surface area (Å²) in [6.45, 7) is 2.00. The number of para-hydroxylation sites is 1. The van der Waals surface area contributed by atoms with Crippen LogP contribution in [0.2, 0.25) is 0 Å². The van der Waals surface area contributed by atoms with E-state index in [-0.39, 0.29) is 5.82 Å². The van der Waals surface area contributed by atoms with Gasteiger partial charge in [0.25, 0.3) is 0 Å². The Morgan fingerprint density at radius 1 is 1.03 bits per heavy atom. The maximum atomic E-state index is 12.6. The standard InChI is InChI=1S/C22H16N6O2/c1-13-6-8-15(9-7-13)25-26-19-20(23)27-28-17(10-11-24-21(19)28)16-12-14-4-2-3-5-18(14)30-22(16)29/h2-12H,1H3,(H2,23,27). The van der Waals surface area contributed by atoms with E-state index in [2.05, 4.69) is 20.3 Å². The van der Waals surface area contributed by atoms with Gasteiger partial charge in [-0.05, 0) is 37.3 Å². The summed E-state index contributed by atoms with van der Waals surface area (Å²) < 4.78 is 6.94. The summed E-state index contributed by atoms with van der Waals surface area (Å²) >= 11 is 0. The van der Waals surface area contributed by atoms with E-state index in [9.17, 15) is 4.79 Å². The molecule has 0 aliphatic rings. The summed E-state index contributed by atoms with van der Waals surface area (Å²) in [5.74, 6) is 0.163. The van der Waals surface area contributed by atoms with E-state index in [0.29, 0.717) is 33.9 Å². The van der Waals surface area contributed by atoms with Crippen molar-refractivity contribution in [3.63, 3.8) is 0 Å². The smallest absolute Gasteiger partial charge is 0.345 e. The topological polar surface area (TPSA) is 111 Å². The van der Waals surface area contributed by atoms with Crippen molar-refractivity contribution >= 4 is 33.8 Å². The van der Waals surface area contributed by atoms with Crippen molar-refractivity contribution in [2.45, 2.75) is 6.92 Å². The third kappa shape index (κ3) is 3.00. The SMILES string of the molecule is Cc1ccc(N=Nc2c(N)nn3c(-c4cc5ccccc5oc4=O)ccnc23)cc1. The number of aryl methyl sites for hydroxylation is 1. The molecule has 0 saturated heterocycles. The second-order valence-electron chi connectivity index (χ2n) is 6.82. The molecule has 0 bridgehead atoms. The van der Waals surface area contributed by atoms with Gasteiger partial charge in [-0.1, -0.05) is 35.9 Å². The summed E-state index contributed by atoms with van der Waals surface area (Å²) in [5, 5.41) is 13.6. The zero-order valence-electron chi connectivity index (χ0n) is 16.0. The molecular weight excluding hydrogens is 380 g/mol. The summed E-state index contributed by atoms with van der Waals surface area (Å²) in [5.41, 5.74) is 9.54. The van der Waals surface area contributed by atoms with E-state index in [1.807, 2.05) is 49.4 Å². The second-order valence-corrected chi connectivity index (χ2v) is 6.82. The Bertz CT molecular complexity index is 1480. The Labute approximate surface area is 170 Å². The van der Waals surface area contributed by atoms with Crippen LogP contribution in [0.1, 0.15) is 5.56 Å². The van der Waals surface area contributed by atoms with E-state index in [1.54, 1.807) is 24.4 Å². The molecule has 8 heteroatoms. The zero-order chi connectivity index (χ0) is 20.7. The molecule has 0 aliphatic carbocycles. The number of aromatic nitrogens is 3. The largest absolute Gasteiger partial charge is 0.422 e. The van der Waals surface area contributed by atoms with E-state index in [1.165, 1.54) is 4.52 Å². The molecule has 0 saturated carbocycles. The molecule has 0 aliphatic heterocycles. The van der Waals surface area contributed by atoms with Crippen LogP contribution in [0.25, 0.3) is 27.9 Å². The predicted octanol–water partition coefficient (Wildman–Crippen LogP) is 4.81. The number of nitrogen functional groups attached to an aromatic ring is 1. The lowest BCUT2D eigenvalue weighted by molar-refractivity contribution is 0.563. The molecule has 5 rings (SSSR count). The average Bonchev–Trinajstić information content (AvgIpc) is 3.08. The van der Waals surface area contributed by atoms with Gasteiger partial charge in [-0.15, -0.1) is 10.2 Å². The maximum absolute atomic E-state index is 12.6. The van der Waals surface area contributed by atoms with Crippen LogP contribution in [0.5, 0.6) is 0 Å². The molecule has 146 valence electrons. The first-order valence-electron chi connectivity index (χ1n) is 9.25. The molecule has 8 nitrogen and oxygen atoms in total. The van der Waals surface area contributed by atoms with Crippen LogP contribution < -0.4 is 11.4 Å². The van der Waals surface area contributed by atoms with E-state index in [4.69, 9.17) is 10.2 Å². The van der Waals surface area contributed by atoms with Crippen molar-refractivity contribution in [1.82, 2.24) is 14.6 Å². The molecule has 0 spiro atoms. The fraction of sp³-hybridized carbons (Fsp3) is 0.0455. The Kier molecular flexibility index (Phi) is 4.10. The highest BCUT2D eigenvalue weighted by molar-refractivity contribution is 5.82. The van der Waals surface area contributed by atoms with Crippen molar-refractivity contribution in [3.8, 4) is 11.3 Å². The minimum Gasteiger partial charge on any atom is -0.422 e. The van der Waals surface area contributed by atoms with Gasteiger partial charge in [-0.3, -0.25) is 0 Å². The van der Waals surface area contributed by atoms with Gasteiger partial charge in [0.05, 0.1) is 16.9 Å². The summed E-state index contributed by atoms with van der Waals surface area (Å²) in [6, 6.07) is 18.4. The molecule has 0 atom stereocenters. The van der Waals surface area contributed by atoms with Crippen molar-refractivity contribution in [2.75, 3.05) is 5.73 Å². The number of nitrogens with two attached hydrogens (primary N) is 1. The average molecular weight is 396 g/mol. The van der Waals surface area contributed by atoms with Gasteiger partial charge in [-0.25, -0.2) is 14.3 Å². The molecule has 0 radical (unpaired) electrons. The van der Waals surface area contributed by atoms with Gasteiger partial charge in [0.2, 0.25) is 0 Å². The monoisotopic (exact) mass is 396 g/mol. The van der Waals surface area contributed by atoms with Crippen LogP contribution in [0.4, 0.5) is 17.2 Å². The second kappa shape index (κ2) is 6.93. The molecule has 0 amide bonds. The maximum Gasteiger partial charge on any atom is 0.345 e. The molecular formula is C22H16N6O2. The first-order chi connectivity index (χ1) is 14.6. The lowest BCUT2D eigenvalue weighted by atomic mass is 10.1.